The van der Waals surface area contributed by atoms with E-state index in [1.54, 1.807) is 6.92 Å². The zero-order chi connectivity index (χ0) is 14.0. The van der Waals surface area contributed by atoms with Crippen molar-refractivity contribution < 1.29 is 13.2 Å². The van der Waals surface area contributed by atoms with Gasteiger partial charge in [-0.05, 0) is 19.1 Å². The number of carbonyl (C=O) groups is 1. The van der Waals surface area contributed by atoms with Crippen LogP contribution in [0.15, 0.2) is 23.2 Å². The minimum atomic E-state index is -3.73. The van der Waals surface area contributed by atoms with E-state index in [2.05, 4.69) is 15.7 Å². The van der Waals surface area contributed by atoms with Gasteiger partial charge in [-0.25, -0.2) is 19.2 Å². The Morgan fingerprint density at radius 2 is 2.26 bits per heavy atom. The van der Waals surface area contributed by atoms with Crippen LogP contribution in [0.1, 0.15) is 6.92 Å². The summed E-state index contributed by atoms with van der Waals surface area (Å²) in [6.45, 7) is 2.10. The molecule has 0 aromatic carbocycles. The van der Waals surface area contributed by atoms with Gasteiger partial charge >= 0.3 is 0 Å². The van der Waals surface area contributed by atoms with E-state index < -0.39 is 16.1 Å². The first-order valence-corrected chi connectivity index (χ1v) is 7.13. The van der Waals surface area contributed by atoms with Crippen molar-refractivity contribution in [2.75, 3.05) is 18.5 Å². The summed E-state index contributed by atoms with van der Waals surface area (Å²) >= 11 is 0. The topological polar surface area (TPSA) is 117 Å². The van der Waals surface area contributed by atoms with Crippen LogP contribution in [0.25, 0.3) is 0 Å². The summed E-state index contributed by atoms with van der Waals surface area (Å²) in [5.74, 6) is 5.23. The molecule has 19 heavy (non-hydrogen) atoms. The van der Waals surface area contributed by atoms with Crippen molar-refractivity contribution in [2.45, 2.75) is 17.9 Å². The number of rotatable bonds is 3. The second-order valence-corrected chi connectivity index (χ2v) is 6.00. The lowest BCUT2D eigenvalue weighted by Gasteiger charge is -2.31. The fraction of sp³-hybridized carbons (Fsp3) is 0.400. The van der Waals surface area contributed by atoms with Crippen LogP contribution in [0, 0.1) is 0 Å². The van der Waals surface area contributed by atoms with Gasteiger partial charge in [-0.15, -0.1) is 0 Å². The number of nitrogens with two attached hydrogens (primary N) is 1. The molecule has 0 radical (unpaired) electrons. The average molecular weight is 285 g/mol. The molecule has 1 unspecified atom stereocenters. The number of sulfonamides is 1. The molecule has 1 saturated heterocycles. The number of hydrogen-bond acceptors (Lipinski definition) is 6. The predicted octanol–water partition coefficient (Wildman–Crippen LogP) is -1.12. The van der Waals surface area contributed by atoms with Crippen LogP contribution >= 0.6 is 0 Å². The van der Waals surface area contributed by atoms with Crippen LogP contribution in [0.3, 0.4) is 0 Å². The molecule has 9 heteroatoms. The maximum Gasteiger partial charge on any atom is 0.245 e. The summed E-state index contributed by atoms with van der Waals surface area (Å²) in [5, 5.41) is 2.62. The van der Waals surface area contributed by atoms with Gasteiger partial charge in [0.2, 0.25) is 15.9 Å². The minimum absolute atomic E-state index is 0.0352. The Balaban J connectivity index is 2.32. The summed E-state index contributed by atoms with van der Waals surface area (Å²) in [6, 6.07) is 2.13. The van der Waals surface area contributed by atoms with E-state index in [0.29, 0.717) is 12.4 Å². The van der Waals surface area contributed by atoms with Gasteiger partial charge in [-0.3, -0.25) is 4.79 Å². The van der Waals surface area contributed by atoms with Gasteiger partial charge in [-0.2, -0.15) is 4.31 Å². The molecule has 1 aromatic rings. The van der Waals surface area contributed by atoms with Crippen molar-refractivity contribution in [3.05, 3.63) is 18.3 Å². The van der Waals surface area contributed by atoms with E-state index in [-0.39, 0.29) is 17.3 Å². The van der Waals surface area contributed by atoms with Crippen molar-refractivity contribution in [2.24, 2.45) is 5.84 Å². The number of nitrogens with zero attached hydrogens (tertiary/aromatic N) is 2. The second-order valence-electron chi connectivity index (χ2n) is 4.11. The Morgan fingerprint density at radius 1 is 1.53 bits per heavy atom. The lowest BCUT2D eigenvalue weighted by Crippen LogP contribution is -2.55. The molecule has 0 bridgehead atoms. The SMILES string of the molecule is CC1C(=O)NCCN1S(=O)(=O)c1ccc(NN)nc1. The molecule has 2 heterocycles. The number of pyridine rings is 1. The van der Waals surface area contributed by atoms with Crippen molar-refractivity contribution in [3.63, 3.8) is 0 Å². The summed E-state index contributed by atoms with van der Waals surface area (Å²) in [4.78, 5) is 15.4. The van der Waals surface area contributed by atoms with Gasteiger partial charge in [0, 0.05) is 19.3 Å². The molecule has 1 atom stereocenters. The first-order chi connectivity index (χ1) is 8.96. The Kier molecular flexibility index (Phi) is 3.69. The second kappa shape index (κ2) is 5.11. The predicted molar refractivity (Wildman–Crippen MR) is 68.4 cm³/mol. The van der Waals surface area contributed by atoms with Crippen LogP contribution in [0.2, 0.25) is 0 Å². The Labute approximate surface area is 111 Å². The summed E-state index contributed by atoms with van der Waals surface area (Å²) < 4.78 is 26.0. The third-order valence-corrected chi connectivity index (χ3v) is 4.89. The normalized spacial score (nSPS) is 20.9. The minimum Gasteiger partial charge on any atom is -0.353 e. The highest BCUT2D eigenvalue weighted by molar-refractivity contribution is 7.89. The summed E-state index contributed by atoms with van der Waals surface area (Å²) in [6.07, 6.45) is 1.21. The van der Waals surface area contributed by atoms with Crippen LogP contribution in [-0.4, -0.2) is 42.7 Å². The molecule has 0 aliphatic carbocycles. The van der Waals surface area contributed by atoms with Crippen LogP contribution < -0.4 is 16.6 Å². The number of carbonyl (C=O) groups excluding carboxylic acids is 1. The zero-order valence-electron chi connectivity index (χ0n) is 10.3. The van der Waals surface area contributed by atoms with Gasteiger partial charge in [0.15, 0.2) is 0 Å². The molecule has 1 fully saturated rings. The number of nitrogen functional groups attached to an aromatic ring is 1. The number of nitrogens with one attached hydrogen (secondary N) is 2. The molecule has 2 rings (SSSR count). The van der Waals surface area contributed by atoms with Crippen molar-refractivity contribution in [3.8, 4) is 0 Å². The maximum atomic E-state index is 12.4. The highest BCUT2D eigenvalue weighted by Gasteiger charge is 2.35. The van der Waals surface area contributed by atoms with Crippen molar-refractivity contribution >= 4 is 21.7 Å². The number of amides is 1. The molecule has 1 aliphatic heterocycles. The lowest BCUT2D eigenvalue weighted by molar-refractivity contribution is -0.126. The average Bonchev–Trinajstić information content (AvgIpc) is 2.41. The summed E-state index contributed by atoms with van der Waals surface area (Å²) in [5.41, 5.74) is 2.32. The van der Waals surface area contributed by atoms with Gasteiger partial charge in [0.1, 0.15) is 16.8 Å². The van der Waals surface area contributed by atoms with E-state index >= 15 is 0 Å². The first kappa shape index (κ1) is 13.7. The molecule has 104 valence electrons. The standard InChI is InChI=1S/C10H15N5O3S/c1-7-10(16)12-4-5-15(7)19(17,18)8-2-3-9(14-11)13-6-8/h2-3,6-7H,4-5,11H2,1H3,(H,12,16)(H,13,14). The molecule has 1 aliphatic rings. The van der Waals surface area contributed by atoms with Crippen molar-refractivity contribution in [1.82, 2.24) is 14.6 Å². The Bertz CT molecular complexity index is 571. The van der Waals surface area contributed by atoms with Crippen LogP contribution in [-0.2, 0) is 14.8 Å². The highest BCUT2D eigenvalue weighted by Crippen LogP contribution is 2.19. The molecule has 8 nitrogen and oxygen atoms in total. The lowest BCUT2D eigenvalue weighted by atomic mass is 10.2. The quantitative estimate of drug-likeness (QED) is 0.478. The van der Waals surface area contributed by atoms with E-state index in [4.69, 9.17) is 5.84 Å². The first-order valence-electron chi connectivity index (χ1n) is 5.69. The number of hydrazine groups is 1. The van der Waals surface area contributed by atoms with E-state index in [9.17, 15) is 13.2 Å². The third-order valence-electron chi connectivity index (χ3n) is 2.93. The molecule has 0 spiro atoms. The monoisotopic (exact) mass is 285 g/mol. The van der Waals surface area contributed by atoms with Gasteiger partial charge in [0.05, 0.1) is 0 Å². The number of anilines is 1. The molecule has 1 aromatic heterocycles. The van der Waals surface area contributed by atoms with Crippen molar-refractivity contribution in [1.29, 1.82) is 0 Å². The smallest absolute Gasteiger partial charge is 0.245 e. The van der Waals surface area contributed by atoms with Gasteiger partial charge in [-0.1, -0.05) is 0 Å². The highest BCUT2D eigenvalue weighted by atomic mass is 32.2. The third kappa shape index (κ3) is 2.53. The Morgan fingerprint density at radius 3 is 2.84 bits per heavy atom. The molecule has 1 amide bonds. The summed E-state index contributed by atoms with van der Waals surface area (Å²) in [7, 11) is -3.73. The van der Waals surface area contributed by atoms with E-state index in [1.165, 1.54) is 22.6 Å². The Hall–Kier alpha value is -1.71. The molecular weight excluding hydrogens is 270 g/mol. The van der Waals surface area contributed by atoms with Gasteiger partial charge < -0.3 is 10.7 Å². The fourth-order valence-electron chi connectivity index (χ4n) is 1.84. The van der Waals surface area contributed by atoms with Crippen LogP contribution in [0.4, 0.5) is 5.82 Å². The van der Waals surface area contributed by atoms with E-state index in [0.717, 1.165) is 0 Å². The zero-order valence-corrected chi connectivity index (χ0v) is 11.1. The van der Waals surface area contributed by atoms with Crippen LogP contribution in [0.5, 0.6) is 0 Å². The fourth-order valence-corrected chi connectivity index (χ4v) is 3.38. The largest absolute Gasteiger partial charge is 0.353 e. The number of aromatic nitrogens is 1. The maximum absolute atomic E-state index is 12.4. The van der Waals surface area contributed by atoms with Gasteiger partial charge in [0.25, 0.3) is 0 Å². The molecular formula is C10H15N5O3S. The molecule has 0 saturated carbocycles. The number of piperazine rings is 1. The van der Waals surface area contributed by atoms with E-state index in [1.807, 2.05) is 0 Å². The molecule has 4 N–H and O–H groups in total. The number of hydrogen-bond donors (Lipinski definition) is 3.